The Hall–Kier alpha value is -2.21. The van der Waals surface area contributed by atoms with E-state index in [1.807, 2.05) is 31.2 Å². The van der Waals surface area contributed by atoms with E-state index in [9.17, 15) is 4.79 Å². The van der Waals surface area contributed by atoms with Gasteiger partial charge in [0.05, 0.1) is 24.6 Å². The van der Waals surface area contributed by atoms with E-state index in [1.54, 1.807) is 9.58 Å². The summed E-state index contributed by atoms with van der Waals surface area (Å²) in [4.78, 5) is 14.5. The highest BCUT2D eigenvalue weighted by molar-refractivity contribution is 5.93. The minimum atomic E-state index is -0.0462. The third-order valence-electron chi connectivity index (χ3n) is 4.03. The van der Waals surface area contributed by atoms with E-state index in [1.165, 1.54) is 5.56 Å². The Morgan fingerprint density at radius 2 is 1.91 bits per heavy atom. The Bertz CT molecular complexity index is 672. The van der Waals surface area contributed by atoms with Gasteiger partial charge in [0, 0.05) is 13.1 Å². The molecule has 122 valence electrons. The predicted octanol–water partition coefficient (Wildman–Crippen LogP) is 2.00. The molecule has 0 spiro atoms. The second-order valence-corrected chi connectivity index (χ2v) is 5.79. The molecule has 6 nitrogen and oxygen atoms in total. The van der Waals surface area contributed by atoms with E-state index in [0.717, 1.165) is 24.2 Å². The molecule has 1 aromatic heterocycles. The van der Waals surface area contributed by atoms with Crippen molar-refractivity contribution in [1.29, 1.82) is 0 Å². The molecule has 1 amide bonds. The van der Waals surface area contributed by atoms with Crippen molar-refractivity contribution in [3.63, 3.8) is 0 Å². The Morgan fingerprint density at radius 3 is 2.57 bits per heavy atom. The second-order valence-electron chi connectivity index (χ2n) is 5.79. The van der Waals surface area contributed by atoms with Crippen LogP contribution in [0.2, 0.25) is 0 Å². The molecule has 0 unspecified atom stereocenters. The standard InChI is InChI=1S/C17H22N4O2/c1-3-4-15-16(17(22)20-9-11-23-12-10-20)18-19-21(15)14-7-5-13(2)6-8-14/h5-8H,3-4,9-12H2,1-2H3. The first-order valence-corrected chi connectivity index (χ1v) is 8.09. The van der Waals surface area contributed by atoms with Crippen LogP contribution in [0.15, 0.2) is 24.3 Å². The summed E-state index contributed by atoms with van der Waals surface area (Å²) in [5.74, 6) is -0.0462. The topological polar surface area (TPSA) is 60.3 Å². The fourth-order valence-corrected chi connectivity index (χ4v) is 2.74. The van der Waals surface area contributed by atoms with Crippen molar-refractivity contribution in [2.75, 3.05) is 26.3 Å². The number of benzene rings is 1. The van der Waals surface area contributed by atoms with Gasteiger partial charge in [-0.3, -0.25) is 4.79 Å². The quantitative estimate of drug-likeness (QED) is 0.866. The van der Waals surface area contributed by atoms with Crippen LogP contribution in [0, 0.1) is 6.92 Å². The Morgan fingerprint density at radius 1 is 1.22 bits per heavy atom. The van der Waals surface area contributed by atoms with Gasteiger partial charge in [0.15, 0.2) is 5.69 Å². The highest BCUT2D eigenvalue weighted by atomic mass is 16.5. The van der Waals surface area contributed by atoms with Crippen LogP contribution in [-0.4, -0.2) is 52.1 Å². The fourth-order valence-electron chi connectivity index (χ4n) is 2.74. The van der Waals surface area contributed by atoms with Gasteiger partial charge in [0.1, 0.15) is 0 Å². The van der Waals surface area contributed by atoms with E-state index in [-0.39, 0.29) is 5.91 Å². The maximum atomic E-state index is 12.7. The van der Waals surface area contributed by atoms with E-state index in [4.69, 9.17) is 4.74 Å². The van der Waals surface area contributed by atoms with E-state index in [2.05, 4.69) is 17.2 Å². The molecule has 1 aliphatic rings. The Kier molecular flexibility index (Phi) is 4.71. The maximum absolute atomic E-state index is 12.7. The van der Waals surface area contributed by atoms with Gasteiger partial charge in [0.25, 0.3) is 5.91 Å². The van der Waals surface area contributed by atoms with Gasteiger partial charge in [-0.1, -0.05) is 36.3 Å². The van der Waals surface area contributed by atoms with Crippen molar-refractivity contribution in [3.8, 4) is 5.69 Å². The van der Waals surface area contributed by atoms with E-state index in [0.29, 0.717) is 32.0 Å². The van der Waals surface area contributed by atoms with Crippen molar-refractivity contribution in [3.05, 3.63) is 41.2 Å². The van der Waals surface area contributed by atoms with Gasteiger partial charge < -0.3 is 9.64 Å². The van der Waals surface area contributed by atoms with Crippen LogP contribution < -0.4 is 0 Å². The van der Waals surface area contributed by atoms with Gasteiger partial charge in [0.2, 0.25) is 0 Å². The third kappa shape index (κ3) is 3.27. The summed E-state index contributed by atoms with van der Waals surface area (Å²) in [6, 6.07) is 8.09. The lowest BCUT2D eigenvalue weighted by Crippen LogP contribution is -2.41. The number of aryl methyl sites for hydroxylation is 1. The SMILES string of the molecule is CCCc1c(C(=O)N2CCOCC2)nnn1-c1ccc(C)cc1. The molecular weight excluding hydrogens is 292 g/mol. The maximum Gasteiger partial charge on any atom is 0.276 e. The molecule has 0 atom stereocenters. The van der Waals surface area contributed by atoms with Crippen molar-refractivity contribution in [1.82, 2.24) is 19.9 Å². The van der Waals surface area contributed by atoms with Crippen LogP contribution >= 0.6 is 0 Å². The lowest BCUT2D eigenvalue weighted by molar-refractivity contribution is 0.0298. The number of hydrogen-bond donors (Lipinski definition) is 0. The number of hydrogen-bond acceptors (Lipinski definition) is 4. The molecule has 0 aliphatic carbocycles. The molecule has 23 heavy (non-hydrogen) atoms. The number of nitrogens with zero attached hydrogens (tertiary/aromatic N) is 4. The molecular formula is C17H22N4O2. The van der Waals surface area contributed by atoms with Gasteiger partial charge >= 0.3 is 0 Å². The number of ether oxygens (including phenoxy) is 1. The molecule has 0 bridgehead atoms. The number of carbonyl (C=O) groups excluding carboxylic acids is 1. The van der Waals surface area contributed by atoms with Crippen LogP contribution in [0.1, 0.15) is 35.1 Å². The van der Waals surface area contributed by atoms with Crippen LogP contribution in [0.25, 0.3) is 5.69 Å². The van der Waals surface area contributed by atoms with Gasteiger partial charge in [-0.25, -0.2) is 4.68 Å². The zero-order valence-electron chi connectivity index (χ0n) is 13.7. The zero-order valence-corrected chi connectivity index (χ0v) is 13.7. The van der Waals surface area contributed by atoms with Crippen LogP contribution in [0.5, 0.6) is 0 Å². The smallest absolute Gasteiger partial charge is 0.276 e. The Balaban J connectivity index is 1.94. The number of carbonyl (C=O) groups is 1. The average Bonchev–Trinajstić information content (AvgIpc) is 3.00. The number of rotatable bonds is 4. The normalized spacial score (nSPS) is 15.0. The first-order valence-electron chi connectivity index (χ1n) is 8.09. The molecule has 0 N–H and O–H groups in total. The minimum Gasteiger partial charge on any atom is -0.378 e. The summed E-state index contributed by atoms with van der Waals surface area (Å²) in [5, 5.41) is 8.43. The molecule has 6 heteroatoms. The highest BCUT2D eigenvalue weighted by Gasteiger charge is 2.25. The number of amides is 1. The number of morpholine rings is 1. The minimum absolute atomic E-state index is 0.0462. The zero-order chi connectivity index (χ0) is 16.2. The van der Waals surface area contributed by atoms with Crippen LogP contribution in [0.4, 0.5) is 0 Å². The molecule has 2 heterocycles. The summed E-state index contributed by atoms with van der Waals surface area (Å²) in [6.07, 6.45) is 1.70. The molecule has 0 radical (unpaired) electrons. The summed E-state index contributed by atoms with van der Waals surface area (Å²) >= 11 is 0. The molecule has 1 saturated heterocycles. The fraction of sp³-hybridized carbons (Fsp3) is 0.471. The predicted molar refractivity (Wildman–Crippen MR) is 86.8 cm³/mol. The summed E-state index contributed by atoms with van der Waals surface area (Å²) in [5.41, 5.74) is 3.48. The lowest BCUT2D eigenvalue weighted by atomic mass is 10.1. The molecule has 2 aromatic rings. The Labute approximate surface area is 136 Å². The van der Waals surface area contributed by atoms with Crippen LogP contribution in [0.3, 0.4) is 0 Å². The molecule has 1 aliphatic heterocycles. The lowest BCUT2D eigenvalue weighted by Gasteiger charge is -2.26. The largest absolute Gasteiger partial charge is 0.378 e. The van der Waals surface area contributed by atoms with Crippen LogP contribution in [-0.2, 0) is 11.2 Å². The summed E-state index contributed by atoms with van der Waals surface area (Å²) in [6.45, 7) is 6.53. The molecule has 1 fully saturated rings. The second kappa shape index (κ2) is 6.91. The van der Waals surface area contributed by atoms with Gasteiger partial charge in [-0.15, -0.1) is 5.10 Å². The van der Waals surface area contributed by atoms with E-state index < -0.39 is 0 Å². The first-order chi connectivity index (χ1) is 11.2. The molecule has 0 saturated carbocycles. The average molecular weight is 314 g/mol. The highest BCUT2D eigenvalue weighted by Crippen LogP contribution is 2.17. The monoisotopic (exact) mass is 314 g/mol. The third-order valence-corrected chi connectivity index (χ3v) is 4.03. The first kappa shape index (κ1) is 15.7. The van der Waals surface area contributed by atoms with Crippen molar-refractivity contribution in [2.45, 2.75) is 26.7 Å². The number of aromatic nitrogens is 3. The van der Waals surface area contributed by atoms with Crippen molar-refractivity contribution in [2.24, 2.45) is 0 Å². The molecule has 1 aromatic carbocycles. The molecule has 3 rings (SSSR count). The summed E-state index contributed by atoms with van der Waals surface area (Å²) < 4.78 is 7.10. The van der Waals surface area contributed by atoms with Crippen molar-refractivity contribution < 1.29 is 9.53 Å². The van der Waals surface area contributed by atoms with E-state index >= 15 is 0 Å². The van der Waals surface area contributed by atoms with Crippen molar-refractivity contribution >= 4 is 5.91 Å². The summed E-state index contributed by atoms with van der Waals surface area (Å²) in [7, 11) is 0. The van der Waals surface area contributed by atoms with Gasteiger partial charge in [-0.2, -0.15) is 0 Å². The van der Waals surface area contributed by atoms with Gasteiger partial charge in [-0.05, 0) is 25.5 Å².